The Hall–Kier alpha value is -3.38. The van der Waals surface area contributed by atoms with Crippen LogP contribution in [-0.4, -0.2) is 99.9 Å². The van der Waals surface area contributed by atoms with Gasteiger partial charge in [-0.15, -0.1) is 0 Å². The van der Waals surface area contributed by atoms with E-state index < -0.39 is 50.1 Å². The molecule has 0 aliphatic heterocycles. The van der Waals surface area contributed by atoms with Crippen LogP contribution >= 0.6 is 0 Å². The molecule has 0 radical (unpaired) electrons. The van der Waals surface area contributed by atoms with Crippen LogP contribution in [0, 0.1) is 0 Å². The number of carboxylic acids is 2. The van der Waals surface area contributed by atoms with Gasteiger partial charge in [0.05, 0.1) is 24.6 Å². The van der Waals surface area contributed by atoms with Gasteiger partial charge in [0, 0.05) is 13.2 Å². The molecule has 0 saturated heterocycles. The molecular formula is C34H56N2O10. The Morgan fingerprint density at radius 1 is 0.522 bits per heavy atom. The minimum absolute atomic E-state index is 0.0247. The predicted molar refractivity (Wildman–Crippen MR) is 176 cm³/mol. The van der Waals surface area contributed by atoms with E-state index in [2.05, 4.69) is 13.8 Å². The zero-order chi connectivity index (χ0) is 33.8. The van der Waals surface area contributed by atoms with E-state index in [1.807, 2.05) is 0 Å². The number of rotatable bonds is 30. The van der Waals surface area contributed by atoms with Crippen molar-refractivity contribution < 1.29 is 48.3 Å². The summed E-state index contributed by atoms with van der Waals surface area (Å²) in [5, 5.41) is 19.1. The summed E-state index contributed by atoms with van der Waals surface area (Å²) < 4.78 is 21.6. The second kappa shape index (κ2) is 26.8. The standard InChI is InChI=1S/C34H56N2O10/c1-3-5-7-9-11-15-19-43-21-23-45-33(41)27-35(25-31(37)38)29-17-13-14-18-30(29)36(26-32(39)40)28-34(42)46-24-22-44-20-16-12-10-8-6-4-2/h13-14,17-18H,3-12,15-16,19-28H2,1-2H3,(H,37,38)(H,39,40). The van der Waals surface area contributed by atoms with Gasteiger partial charge < -0.3 is 39.0 Å². The summed E-state index contributed by atoms with van der Waals surface area (Å²) in [5.74, 6) is -3.72. The first kappa shape index (κ1) is 40.6. The van der Waals surface area contributed by atoms with Crippen LogP contribution in [0.15, 0.2) is 24.3 Å². The lowest BCUT2D eigenvalue weighted by molar-refractivity contribution is -0.144. The Morgan fingerprint density at radius 3 is 1.26 bits per heavy atom. The lowest BCUT2D eigenvalue weighted by atomic mass is 10.1. The Labute approximate surface area is 274 Å². The molecule has 12 nitrogen and oxygen atoms in total. The summed E-state index contributed by atoms with van der Waals surface area (Å²) in [5.41, 5.74) is 0.523. The molecule has 0 saturated carbocycles. The lowest BCUT2D eigenvalue weighted by Gasteiger charge is -2.30. The first-order chi connectivity index (χ1) is 22.3. The van der Waals surface area contributed by atoms with Crippen LogP contribution in [0.3, 0.4) is 0 Å². The fourth-order valence-electron chi connectivity index (χ4n) is 4.78. The third-order valence-electron chi connectivity index (χ3n) is 7.12. The van der Waals surface area contributed by atoms with E-state index in [0.29, 0.717) is 13.2 Å². The lowest BCUT2D eigenvalue weighted by Crippen LogP contribution is -2.39. The Balaban J connectivity index is 2.68. The van der Waals surface area contributed by atoms with Crippen molar-refractivity contribution in [3.63, 3.8) is 0 Å². The van der Waals surface area contributed by atoms with Gasteiger partial charge in [-0.1, -0.05) is 90.2 Å². The summed E-state index contributed by atoms with van der Waals surface area (Å²) in [6.07, 6.45) is 13.7. The van der Waals surface area contributed by atoms with Crippen molar-refractivity contribution in [2.75, 3.05) is 75.6 Å². The van der Waals surface area contributed by atoms with E-state index in [1.165, 1.54) is 61.2 Å². The number of esters is 2. The fourth-order valence-corrected chi connectivity index (χ4v) is 4.78. The predicted octanol–water partition coefficient (Wildman–Crippen LogP) is 5.31. The summed E-state index contributed by atoms with van der Waals surface area (Å²) in [4.78, 5) is 51.3. The molecule has 0 amide bonds. The molecule has 1 aromatic carbocycles. The minimum Gasteiger partial charge on any atom is -0.480 e. The SMILES string of the molecule is CCCCCCCCOCCOC(=O)CN(CC(=O)O)c1ccccc1N(CC(=O)O)CC(=O)OCCOCCCCCCCC. The van der Waals surface area contributed by atoms with Crippen LogP contribution < -0.4 is 9.80 Å². The number of carbonyl (C=O) groups is 4. The number of hydrogen-bond donors (Lipinski definition) is 2. The van der Waals surface area contributed by atoms with Crippen molar-refractivity contribution in [1.29, 1.82) is 0 Å². The molecule has 0 heterocycles. The topological polar surface area (TPSA) is 152 Å². The number of aliphatic carboxylic acids is 2. The molecule has 46 heavy (non-hydrogen) atoms. The third-order valence-corrected chi connectivity index (χ3v) is 7.12. The monoisotopic (exact) mass is 652 g/mol. The van der Waals surface area contributed by atoms with Crippen molar-refractivity contribution >= 4 is 35.3 Å². The molecule has 12 heteroatoms. The zero-order valence-corrected chi connectivity index (χ0v) is 27.9. The molecule has 0 spiro atoms. The van der Waals surface area contributed by atoms with Crippen molar-refractivity contribution in [1.82, 2.24) is 0 Å². The van der Waals surface area contributed by atoms with Gasteiger partial charge in [-0.25, -0.2) is 0 Å². The number of unbranched alkanes of at least 4 members (excludes halogenated alkanes) is 10. The average molecular weight is 653 g/mol. The number of nitrogens with zero attached hydrogens (tertiary/aromatic N) is 2. The molecule has 0 atom stereocenters. The number of ether oxygens (including phenoxy) is 4. The van der Waals surface area contributed by atoms with Gasteiger partial charge in [-0.3, -0.25) is 19.2 Å². The van der Waals surface area contributed by atoms with Crippen molar-refractivity contribution in [2.24, 2.45) is 0 Å². The van der Waals surface area contributed by atoms with E-state index in [1.54, 1.807) is 24.3 Å². The maximum atomic E-state index is 12.6. The van der Waals surface area contributed by atoms with Crippen LogP contribution in [0.25, 0.3) is 0 Å². The maximum absolute atomic E-state index is 12.6. The fraction of sp³-hybridized carbons (Fsp3) is 0.706. The van der Waals surface area contributed by atoms with Crippen molar-refractivity contribution in [3.05, 3.63) is 24.3 Å². The normalized spacial score (nSPS) is 10.8. The number of hydrogen-bond acceptors (Lipinski definition) is 10. The highest BCUT2D eigenvalue weighted by Gasteiger charge is 2.24. The van der Waals surface area contributed by atoms with E-state index in [0.717, 1.165) is 25.7 Å². The molecule has 262 valence electrons. The van der Waals surface area contributed by atoms with Crippen molar-refractivity contribution in [3.8, 4) is 0 Å². The van der Waals surface area contributed by atoms with Gasteiger partial charge in [-0.2, -0.15) is 0 Å². The van der Waals surface area contributed by atoms with Gasteiger partial charge in [0.1, 0.15) is 39.4 Å². The molecule has 0 fully saturated rings. The molecule has 2 N–H and O–H groups in total. The Morgan fingerprint density at radius 2 is 0.891 bits per heavy atom. The molecule has 0 bridgehead atoms. The summed E-state index contributed by atoms with van der Waals surface area (Å²) in [6.45, 7) is 4.11. The third kappa shape index (κ3) is 20.6. The molecule has 0 aliphatic carbocycles. The summed E-state index contributed by atoms with van der Waals surface area (Å²) in [7, 11) is 0. The highest BCUT2D eigenvalue weighted by Crippen LogP contribution is 2.29. The zero-order valence-electron chi connectivity index (χ0n) is 27.9. The highest BCUT2D eigenvalue weighted by molar-refractivity contribution is 5.88. The molecular weight excluding hydrogens is 596 g/mol. The van der Waals surface area contributed by atoms with E-state index in [4.69, 9.17) is 18.9 Å². The van der Waals surface area contributed by atoms with Crippen LogP contribution in [0.2, 0.25) is 0 Å². The summed E-state index contributed by atoms with van der Waals surface area (Å²) in [6, 6.07) is 6.39. The number of benzene rings is 1. The molecule has 0 unspecified atom stereocenters. The van der Waals surface area contributed by atoms with Crippen LogP contribution in [0.4, 0.5) is 11.4 Å². The van der Waals surface area contributed by atoms with Gasteiger partial charge >= 0.3 is 23.9 Å². The molecule has 0 aliphatic rings. The average Bonchev–Trinajstić information content (AvgIpc) is 3.01. The van der Waals surface area contributed by atoms with Crippen molar-refractivity contribution in [2.45, 2.75) is 90.9 Å². The largest absolute Gasteiger partial charge is 0.480 e. The number of anilines is 2. The highest BCUT2D eigenvalue weighted by atomic mass is 16.6. The van der Waals surface area contributed by atoms with Gasteiger partial charge in [0.2, 0.25) is 0 Å². The van der Waals surface area contributed by atoms with Crippen LogP contribution in [0.5, 0.6) is 0 Å². The number of para-hydroxylation sites is 2. The van der Waals surface area contributed by atoms with E-state index in [9.17, 15) is 29.4 Å². The van der Waals surface area contributed by atoms with Gasteiger partial charge in [0.15, 0.2) is 0 Å². The second-order valence-corrected chi connectivity index (χ2v) is 11.2. The first-order valence-electron chi connectivity index (χ1n) is 16.8. The quantitative estimate of drug-likeness (QED) is 0.0818. The van der Waals surface area contributed by atoms with E-state index in [-0.39, 0.29) is 37.8 Å². The first-order valence-corrected chi connectivity index (χ1v) is 16.8. The van der Waals surface area contributed by atoms with E-state index >= 15 is 0 Å². The van der Waals surface area contributed by atoms with Crippen LogP contribution in [-0.2, 0) is 38.1 Å². The van der Waals surface area contributed by atoms with Gasteiger partial charge in [0.25, 0.3) is 0 Å². The Kier molecular flexibility index (Phi) is 23.7. The van der Waals surface area contributed by atoms with Crippen LogP contribution in [0.1, 0.15) is 90.9 Å². The molecule has 1 rings (SSSR count). The van der Waals surface area contributed by atoms with Gasteiger partial charge in [-0.05, 0) is 25.0 Å². The smallest absolute Gasteiger partial charge is 0.325 e. The molecule has 0 aromatic heterocycles. The Bertz CT molecular complexity index is 913. The summed E-state index contributed by atoms with van der Waals surface area (Å²) >= 11 is 0. The number of carboxylic acid groups (broad SMARTS) is 2. The second-order valence-electron chi connectivity index (χ2n) is 11.2. The number of carbonyl (C=O) groups excluding carboxylic acids is 2. The minimum atomic E-state index is -1.20. The molecule has 1 aromatic rings. The maximum Gasteiger partial charge on any atom is 0.325 e.